The van der Waals surface area contributed by atoms with Crippen molar-refractivity contribution in [2.24, 2.45) is 0 Å². The van der Waals surface area contributed by atoms with E-state index in [0.29, 0.717) is 17.5 Å². The van der Waals surface area contributed by atoms with E-state index in [1.165, 1.54) is 25.2 Å². The van der Waals surface area contributed by atoms with E-state index in [1.807, 2.05) is 0 Å². The van der Waals surface area contributed by atoms with E-state index in [9.17, 15) is 30.0 Å². The summed E-state index contributed by atoms with van der Waals surface area (Å²) in [4.78, 5) is 3.57. The van der Waals surface area contributed by atoms with Gasteiger partial charge in [0.2, 0.25) is 10.0 Å². The second kappa shape index (κ2) is 8.22. The third kappa shape index (κ3) is 5.23. The summed E-state index contributed by atoms with van der Waals surface area (Å²) in [6.07, 6.45) is -4.13. The van der Waals surface area contributed by atoms with E-state index in [1.54, 1.807) is 17.5 Å². The number of nitrogens with one attached hydrogen (secondary N) is 2. The van der Waals surface area contributed by atoms with Gasteiger partial charge in [0.15, 0.2) is 15.0 Å². The zero-order valence-corrected chi connectivity index (χ0v) is 18.5. The molecule has 1 aromatic heterocycles. The molecule has 2 aromatic carbocycles. The molecule has 0 aliphatic heterocycles. The molecule has 0 spiro atoms. The van der Waals surface area contributed by atoms with Crippen LogP contribution in [0.3, 0.4) is 0 Å². The molecule has 166 valence electrons. The molecular weight excluding hydrogens is 475 g/mol. The third-order valence-corrected chi connectivity index (χ3v) is 7.51. The Kier molecular flexibility index (Phi) is 6.15. The van der Waals surface area contributed by atoms with Gasteiger partial charge in [0.1, 0.15) is 0 Å². The molecule has 7 nitrogen and oxygen atoms in total. The van der Waals surface area contributed by atoms with E-state index in [2.05, 4.69) is 15.0 Å². The van der Waals surface area contributed by atoms with Crippen LogP contribution in [0.15, 0.2) is 57.6 Å². The van der Waals surface area contributed by atoms with Crippen LogP contribution in [0.5, 0.6) is 0 Å². The summed E-state index contributed by atoms with van der Waals surface area (Å²) in [7, 11) is -6.34. The highest BCUT2D eigenvalue weighted by Gasteiger charge is 2.36. The van der Waals surface area contributed by atoms with Crippen LogP contribution in [0, 0.1) is 0 Å². The van der Waals surface area contributed by atoms with Gasteiger partial charge in [0, 0.05) is 22.9 Å². The minimum absolute atomic E-state index is 0.0242. The number of anilines is 2. The van der Waals surface area contributed by atoms with E-state index < -0.39 is 36.5 Å². The molecule has 3 aromatic rings. The van der Waals surface area contributed by atoms with Crippen molar-refractivity contribution >= 4 is 42.0 Å². The maximum absolute atomic E-state index is 13.3. The fourth-order valence-corrected chi connectivity index (χ4v) is 5.02. The van der Waals surface area contributed by atoms with Gasteiger partial charge in [-0.15, -0.1) is 11.3 Å². The van der Waals surface area contributed by atoms with Gasteiger partial charge < -0.3 is 5.32 Å². The lowest BCUT2D eigenvalue weighted by Crippen LogP contribution is -2.18. The summed E-state index contributed by atoms with van der Waals surface area (Å²) in [5.74, 6) is 0. The van der Waals surface area contributed by atoms with Gasteiger partial charge in [0.05, 0.1) is 21.0 Å². The van der Waals surface area contributed by atoms with Gasteiger partial charge in [0.25, 0.3) is 0 Å². The SMILES string of the molecule is CNS(=O)(=O)c1ccc(-c2csc(Nc3ccc(S(C)(=O)=O)c(C(F)(F)F)c3)n2)cc1. The van der Waals surface area contributed by atoms with Crippen LogP contribution in [0.2, 0.25) is 0 Å². The summed E-state index contributed by atoms with van der Waals surface area (Å²) in [5, 5.41) is 4.67. The van der Waals surface area contributed by atoms with Crippen LogP contribution in [0.25, 0.3) is 11.3 Å². The highest BCUT2D eigenvalue weighted by atomic mass is 32.2. The smallest absolute Gasteiger partial charge is 0.332 e. The second-order valence-electron chi connectivity index (χ2n) is 6.38. The summed E-state index contributed by atoms with van der Waals surface area (Å²) < 4.78 is 89.0. The molecule has 0 bridgehead atoms. The molecule has 0 amide bonds. The van der Waals surface area contributed by atoms with Crippen LogP contribution < -0.4 is 10.0 Å². The number of thiazole rings is 1. The van der Waals surface area contributed by atoms with Gasteiger partial charge in [-0.25, -0.2) is 26.5 Å². The Hall–Kier alpha value is -2.48. The predicted molar refractivity (Wildman–Crippen MR) is 112 cm³/mol. The standard InChI is InChI=1S/C18H16F3N3O4S3/c1-22-31(27,28)13-6-3-11(4-7-13)15-10-29-17(24-15)23-12-5-8-16(30(2,25)26)14(9-12)18(19,20)21/h3-10,22H,1-2H3,(H,23,24). The lowest BCUT2D eigenvalue weighted by Gasteiger charge is -2.13. The third-order valence-electron chi connectivity index (χ3n) is 4.17. The largest absolute Gasteiger partial charge is 0.417 e. The molecule has 0 unspecified atom stereocenters. The van der Waals surface area contributed by atoms with Crippen molar-refractivity contribution in [1.82, 2.24) is 9.71 Å². The molecule has 1 heterocycles. The first-order valence-corrected chi connectivity index (χ1v) is 12.7. The molecule has 0 radical (unpaired) electrons. The monoisotopic (exact) mass is 491 g/mol. The zero-order valence-electron chi connectivity index (χ0n) is 16.1. The summed E-state index contributed by atoms with van der Waals surface area (Å²) in [6, 6.07) is 8.78. The molecule has 13 heteroatoms. The number of benzene rings is 2. The fourth-order valence-electron chi connectivity index (χ4n) is 2.66. The molecule has 0 aliphatic rings. The average molecular weight is 492 g/mol. The van der Waals surface area contributed by atoms with Crippen molar-refractivity contribution in [1.29, 1.82) is 0 Å². The number of aromatic nitrogens is 1. The van der Waals surface area contributed by atoms with Gasteiger partial charge >= 0.3 is 6.18 Å². The van der Waals surface area contributed by atoms with Gasteiger partial charge in [-0.05, 0) is 37.4 Å². The molecule has 0 fully saturated rings. The summed E-state index contributed by atoms with van der Waals surface area (Å²) in [5.41, 5.74) is -0.137. The first kappa shape index (κ1) is 23.2. The molecule has 3 rings (SSSR count). The van der Waals surface area contributed by atoms with Crippen molar-refractivity contribution in [3.05, 3.63) is 53.4 Å². The van der Waals surface area contributed by atoms with Crippen molar-refractivity contribution < 1.29 is 30.0 Å². The van der Waals surface area contributed by atoms with Crippen LogP contribution in [-0.2, 0) is 26.0 Å². The molecule has 31 heavy (non-hydrogen) atoms. The fraction of sp³-hybridized carbons (Fsp3) is 0.167. The van der Waals surface area contributed by atoms with E-state index >= 15 is 0 Å². The number of hydrogen-bond acceptors (Lipinski definition) is 7. The predicted octanol–water partition coefficient (Wildman–Crippen LogP) is 3.88. The quantitative estimate of drug-likeness (QED) is 0.542. The lowest BCUT2D eigenvalue weighted by atomic mass is 10.2. The van der Waals surface area contributed by atoms with Crippen molar-refractivity contribution in [3.8, 4) is 11.3 Å². The summed E-state index contributed by atoms with van der Waals surface area (Å²) >= 11 is 1.12. The number of nitrogens with zero attached hydrogens (tertiary/aromatic N) is 1. The number of alkyl halides is 3. The number of hydrogen-bond donors (Lipinski definition) is 2. The highest BCUT2D eigenvalue weighted by Crippen LogP contribution is 2.37. The van der Waals surface area contributed by atoms with Crippen LogP contribution >= 0.6 is 11.3 Å². The number of rotatable bonds is 6. The van der Waals surface area contributed by atoms with Gasteiger partial charge in [-0.2, -0.15) is 13.2 Å². The maximum Gasteiger partial charge on any atom is 0.417 e. The first-order valence-electron chi connectivity index (χ1n) is 8.49. The van der Waals surface area contributed by atoms with Crippen LogP contribution in [-0.4, -0.2) is 35.1 Å². The molecule has 2 N–H and O–H groups in total. The highest BCUT2D eigenvalue weighted by molar-refractivity contribution is 7.90. The average Bonchev–Trinajstić information content (AvgIpc) is 3.15. The Morgan fingerprint density at radius 3 is 2.19 bits per heavy atom. The Morgan fingerprint density at radius 2 is 1.65 bits per heavy atom. The van der Waals surface area contributed by atoms with Gasteiger partial charge in [-0.3, -0.25) is 0 Å². The van der Waals surface area contributed by atoms with Crippen molar-refractivity contribution in [2.45, 2.75) is 16.0 Å². The Balaban J connectivity index is 1.88. The summed E-state index contributed by atoms with van der Waals surface area (Å²) in [6.45, 7) is 0. The molecule has 0 saturated carbocycles. The second-order valence-corrected chi connectivity index (χ2v) is 11.1. The van der Waals surface area contributed by atoms with Crippen LogP contribution in [0.1, 0.15) is 5.56 Å². The zero-order chi connectivity index (χ0) is 23.0. The van der Waals surface area contributed by atoms with Crippen molar-refractivity contribution in [2.75, 3.05) is 18.6 Å². The Morgan fingerprint density at radius 1 is 1.00 bits per heavy atom. The Bertz CT molecular complexity index is 1320. The molecule has 0 atom stereocenters. The van der Waals surface area contributed by atoms with Crippen LogP contribution in [0.4, 0.5) is 24.0 Å². The van der Waals surface area contributed by atoms with E-state index in [-0.39, 0.29) is 15.7 Å². The van der Waals surface area contributed by atoms with E-state index in [4.69, 9.17) is 0 Å². The first-order chi connectivity index (χ1) is 14.3. The van der Waals surface area contributed by atoms with E-state index in [0.717, 1.165) is 23.5 Å². The minimum Gasteiger partial charge on any atom is -0.332 e. The number of sulfone groups is 1. The topological polar surface area (TPSA) is 105 Å². The lowest BCUT2D eigenvalue weighted by molar-refractivity contribution is -0.139. The van der Waals surface area contributed by atoms with Gasteiger partial charge in [-0.1, -0.05) is 12.1 Å². The molecule has 0 aliphatic carbocycles. The minimum atomic E-state index is -4.85. The number of halogens is 3. The number of sulfonamides is 1. The maximum atomic E-state index is 13.3. The van der Waals surface area contributed by atoms with Crippen molar-refractivity contribution in [3.63, 3.8) is 0 Å². The Labute approximate surface area is 180 Å². The normalized spacial score (nSPS) is 12.7. The molecule has 0 saturated heterocycles. The molecular formula is C18H16F3N3O4S3.